The third kappa shape index (κ3) is 2.72. The Labute approximate surface area is 161 Å². The number of nitrogen functional groups attached to an aromatic ring is 1. The number of hydrogen-bond acceptors (Lipinski definition) is 5. The number of aryl methyl sites for hydroxylation is 1. The summed E-state index contributed by atoms with van der Waals surface area (Å²) in [7, 11) is 2.05. The first-order chi connectivity index (χ1) is 13.7. The minimum absolute atomic E-state index is 0.452. The SMILES string of the molecule is Cn1ccc2ccc(-c3cc(Nc4cccnc4N)cc4nccnc34)cc21. The molecule has 0 unspecified atom stereocenters. The highest BCUT2D eigenvalue weighted by atomic mass is 15.0. The zero-order valence-electron chi connectivity index (χ0n) is 15.3. The number of anilines is 3. The van der Waals surface area contributed by atoms with Gasteiger partial charge in [-0.15, -0.1) is 0 Å². The van der Waals surface area contributed by atoms with E-state index in [2.05, 4.69) is 61.4 Å². The minimum atomic E-state index is 0.452. The molecule has 0 aliphatic carbocycles. The van der Waals surface area contributed by atoms with Crippen molar-refractivity contribution in [2.75, 3.05) is 11.1 Å². The van der Waals surface area contributed by atoms with Crippen LogP contribution in [0.25, 0.3) is 33.1 Å². The number of pyridine rings is 1. The van der Waals surface area contributed by atoms with Crippen molar-refractivity contribution in [1.29, 1.82) is 0 Å². The van der Waals surface area contributed by atoms with Gasteiger partial charge >= 0.3 is 0 Å². The lowest BCUT2D eigenvalue weighted by molar-refractivity contribution is 0.969. The molecule has 136 valence electrons. The fourth-order valence-corrected chi connectivity index (χ4v) is 3.48. The van der Waals surface area contributed by atoms with E-state index in [1.54, 1.807) is 18.6 Å². The van der Waals surface area contributed by atoms with Gasteiger partial charge in [0.15, 0.2) is 0 Å². The van der Waals surface area contributed by atoms with Crippen molar-refractivity contribution in [3.63, 3.8) is 0 Å². The van der Waals surface area contributed by atoms with Gasteiger partial charge in [-0.2, -0.15) is 0 Å². The van der Waals surface area contributed by atoms with Crippen LogP contribution < -0.4 is 11.1 Å². The highest BCUT2D eigenvalue weighted by Gasteiger charge is 2.11. The molecule has 5 rings (SSSR count). The largest absolute Gasteiger partial charge is 0.382 e. The molecule has 0 spiro atoms. The molecule has 0 saturated carbocycles. The molecular formula is C22H18N6. The van der Waals surface area contributed by atoms with Gasteiger partial charge in [-0.1, -0.05) is 12.1 Å². The first-order valence-corrected chi connectivity index (χ1v) is 8.97. The molecule has 0 aliphatic heterocycles. The van der Waals surface area contributed by atoms with E-state index < -0.39 is 0 Å². The molecule has 5 aromatic rings. The fourth-order valence-electron chi connectivity index (χ4n) is 3.48. The normalized spacial score (nSPS) is 11.2. The van der Waals surface area contributed by atoms with Gasteiger partial charge in [0.05, 0.1) is 16.7 Å². The molecule has 3 N–H and O–H groups in total. The maximum atomic E-state index is 5.99. The van der Waals surface area contributed by atoms with Gasteiger partial charge in [0.25, 0.3) is 0 Å². The average Bonchev–Trinajstić information content (AvgIpc) is 3.09. The fraction of sp³-hybridized carbons (Fsp3) is 0.0455. The Morgan fingerprint density at radius 2 is 1.82 bits per heavy atom. The van der Waals surface area contributed by atoms with Crippen LogP contribution >= 0.6 is 0 Å². The highest BCUT2D eigenvalue weighted by Crippen LogP contribution is 2.33. The van der Waals surface area contributed by atoms with Gasteiger partial charge in [0.2, 0.25) is 0 Å². The van der Waals surface area contributed by atoms with E-state index in [9.17, 15) is 0 Å². The van der Waals surface area contributed by atoms with E-state index in [-0.39, 0.29) is 0 Å². The average molecular weight is 366 g/mol. The van der Waals surface area contributed by atoms with Crippen molar-refractivity contribution in [3.05, 3.63) is 73.3 Å². The molecule has 0 atom stereocenters. The predicted octanol–water partition coefficient (Wildman–Crippen LogP) is 4.51. The van der Waals surface area contributed by atoms with Crippen molar-refractivity contribution in [3.8, 4) is 11.1 Å². The van der Waals surface area contributed by atoms with Crippen LogP contribution in [0.2, 0.25) is 0 Å². The summed E-state index contributed by atoms with van der Waals surface area (Å²) >= 11 is 0. The maximum absolute atomic E-state index is 5.99. The molecule has 28 heavy (non-hydrogen) atoms. The van der Waals surface area contributed by atoms with Gasteiger partial charge < -0.3 is 15.6 Å². The van der Waals surface area contributed by atoms with E-state index in [0.29, 0.717) is 5.82 Å². The first-order valence-electron chi connectivity index (χ1n) is 8.97. The van der Waals surface area contributed by atoms with Gasteiger partial charge in [0.1, 0.15) is 5.82 Å². The molecule has 6 nitrogen and oxygen atoms in total. The van der Waals surface area contributed by atoms with Crippen molar-refractivity contribution >= 4 is 39.1 Å². The Morgan fingerprint density at radius 3 is 2.71 bits per heavy atom. The van der Waals surface area contributed by atoms with Crippen LogP contribution in [0.3, 0.4) is 0 Å². The molecule has 3 heterocycles. The summed E-state index contributed by atoms with van der Waals surface area (Å²) < 4.78 is 2.12. The number of aromatic nitrogens is 4. The highest BCUT2D eigenvalue weighted by molar-refractivity contribution is 5.97. The Kier molecular flexibility index (Phi) is 3.69. The number of hydrogen-bond donors (Lipinski definition) is 2. The second-order valence-corrected chi connectivity index (χ2v) is 6.71. The summed E-state index contributed by atoms with van der Waals surface area (Å²) in [6.07, 6.45) is 7.16. The van der Waals surface area contributed by atoms with Crippen molar-refractivity contribution in [2.24, 2.45) is 7.05 Å². The molecule has 0 saturated heterocycles. The van der Waals surface area contributed by atoms with Crippen LogP contribution in [0, 0.1) is 0 Å². The van der Waals surface area contributed by atoms with Gasteiger partial charge in [-0.3, -0.25) is 9.97 Å². The van der Waals surface area contributed by atoms with Crippen LogP contribution in [-0.4, -0.2) is 19.5 Å². The lowest BCUT2D eigenvalue weighted by atomic mass is 10.0. The molecule has 2 aromatic carbocycles. The smallest absolute Gasteiger partial charge is 0.147 e. The Morgan fingerprint density at radius 1 is 0.929 bits per heavy atom. The number of rotatable bonds is 3. The molecule has 0 aliphatic rings. The molecule has 6 heteroatoms. The number of nitrogens with zero attached hydrogens (tertiary/aromatic N) is 4. The van der Waals surface area contributed by atoms with Crippen LogP contribution in [0.1, 0.15) is 0 Å². The third-order valence-electron chi connectivity index (χ3n) is 4.89. The molecule has 0 amide bonds. The Hall–Kier alpha value is -3.93. The minimum Gasteiger partial charge on any atom is -0.382 e. The van der Waals surface area contributed by atoms with Crippen LogP contribution in [0.5, 0.6) is 0 Å². The first kappa shape index (κ1) is 16.3. The van der Waals surface area contributed by atoms with Crippen molar-refractivity contribution in [2.45, 2.75) is 0 Å². The number of nitrogens with two attached hydrogens (primary N) is 1. The van der Waals surface area contributed by atoms with E-state index in [1.807, 2.05) is 25.2 Å². The van der Waals surface area contributed by atoms with E-state index in [4.69, 9.17) is 5.73 Å². The standard InChI is InChI=1S/C22H18N6/c1-28-10-6-14-4-5-15(11-20(14)28)17-12-16(13-19-21(17)25-9-8-24-19)27-18-3-2-7-26-22(18)23/h2-13,27H,1H3,(H2,23,26). The topological polar surface area (TPSA) is 81.7 Å². The number of fused-ring (bicyclic) bond motifs is 2. The van der Waals surface area contributed by atoms with Crippen molar-refractivity contribution < 1.29 is 0 Å². The van der Waals surface area contributed by atoms with E-state index >= 15 is 0 Å². The van der Waals surface area contributed by atoms with E-state index in [1.165, 1.54) is 10.9 Å². The Bertz CT molecular complexity index is 1320. The maximum Gasteiger partial charge on any atom is 0.147 e. The summed E-state index contributed by atoms with van der Waals surface area (Å²) in [6, 6.07) is 16.3. The monoisotopic (exact) mass is 366 g/mol. The summed E-state index contributed by atoms with van der Waals surface area (Å²) in [5.74, 6) is 0.452. The second kappa shape index (κ2) is 6.35. The lowest BCUT2D eigenvalue weighted by Crippen LogP contribution is -1.99. The zero-order valence-corrected chi connectivity index (χ0v) is 15.3. The van der Waals surface area contributed by atoms with Crippen molar-refractivity contribution in [1.82, 2.24) is 19.5 Å². The third-order valence-corrected chi connectivity index (χ3v) is 4.89. The summed E-state index contributed by atoms with van der Waals surface area (Å²) in [4.78, 5) is 13.2. The van der Waals surface area contributed by atoms with Crippen LogP contribution in [-0.2, 0) is 7.05 Å². The van der Waals surface area contributed by atoms with Gasteiger partial charge in [0, 0.05) is 48.6 Å². The number of nitrogens with one attached hydrogen (secondary N) is 1. The van der Waals surface area contributed by atoms with E-state index in [0.717, 1.165) is 33.5 Å². The summed E-state index contributed by atoms with van der Waals surface area (Å²) in [5.41, 5.74) is 12.6. The molecule has 0 radical (unpaired) electrons. The predicted molar refractivity (Wildman–Crippen MR) is 113 cm³/mol. The molecule has 3 aromatic heterocycles. The summed E-state index contributed by atoms with van der Waals surface area (Å²) in [6.45, 7) is 0. The Balaban J connectivity index is 1.70. The molecule has 0 bridgehead atoms. The molecule has 0 fully saturated rings. The van der Waals surface area contributed by atoms with Crippen LogP contribution in [0.15, 0.2) is 73.3 Å². The zero-order chi connectivity index (χ0) is 19.1. The van der Waals surface area contributed by atoms with Gasteiger partial charge in [-0.25, -0.2) is 4.98 Å². The quantitative estimate of drug-likeness (QED) is 0.491. The second-order valence-electron chi connectivity index (χ2n) is 6.71. The lowest BCUT2D eigenvalue weighted by Gasteiger charge is -2.13. The molecular weight excluding hydrogens is 348 g/mol. The summed E-state index contributed by atoms with van der Waals surface area (Å²) in [5, 5.41) is 4.57. The number of benzene rings is 2. The van der Waals surface area contributed by atoms with Gasteiger partial charge in [-0.05, 0) is 47.3 Å². The van der Waals surface area contributed by atoms with Crippen LogP contribution in [0.4, 0.5) is 17.2 Å².